The van der Waals surface area contributed by atoms with Crippen LogP contribution in [0.2, 0.25) is 0 Å². The summed E-state index contributed by atoms with van der Waals surface area (Å²) in [5.41, 5.74) is 0.0154. The third kappa shape index (κ3) is 2.92. The molecule has 3 N–H and O–H groups in total. The van der Waals surface area contributed by atoms with Crippen molar-refractivity contribution in [2.24, 2.45) is 5.41 Å². The number of hydrogen-bond acceptors (Lipinski definition) is 4. The minimum absolute atomic E-state index is 0.0154. The first-order valence-electron chi connectivity index (χ1n) is 4.84. The molecular weight excluding hydrogens is 184 g/mol. The van der Waals surface area contributed by atoms with Crippen LogP contribution in [0.1, 0.15) is 27.2 Å². The van der Waals surface area contributed by atoms with Crippen LogP contribution in [-0.4, -0.2) is 39.7 Å². The second kappa shape index (κ2) is 4.14. The minimum atomic E-state index is -1.14. The van der Waals surface area contributed by atoms with Gasteiger partial charge in [-0.25, -0.2) is 0 Å². The highest BCUT2D eigenvalue weighted by Gasteiger charge is 2.39. The Bertz CT molecular complexity index is 187. The third-order valence-corrected chi connectivity index (χ3v) is 2.29. The molecule has 1 rings (SSSR count). The van der Waals surface area contributed by atoms with Gasteiger partial charge in [0.2, 0.25) is 0 Å². The van der Waals surface area contributed by atoms with Crippen LogP contribution in [0.4, 0.5) is 0 Å². The van der Waals surface area contributed by atoms with Crippen molar-refractivity contribution in [3.8, 4) is 0 Å². The van der Waals surface area contributed by atoms with Crippen LogP contribution >= 0.6 is 0 Å². The van der Waals surface area contributed by atoms with E-state index in [0.717, 1.165) is 0 Å². The predicted octanol–water partition coefficient (Wildman–Crippen LogP) is 0.0659. The molecule has 1 saturated heterocycles. The maximum Gasteiger partial charge on any atom is 0.115 e. The smallest absolute Gasteiger partial charge is 0.115 e. The fourth-order valence-electron chi connectivity index (χ4n) is 1.54. The summed E-state index contributed by atoms with van der Waals surface area (Å²) in [6.45, 7) is 7.27. The van der Waals surface area contributed by atoms with Gasteiger partial charge < -0.3 is 20.1 Å². The highest BCUT2D eigenvalue weighted by molar-refractivity contribution is 4.92. The molecular formula is C10H19O4. The first kappa shape index (κ1) is 11.9. The second-order valence-corrected chi connectivity index (χ2v) is 5.05. The molecule has 4 heteroatoms. The van der Waals surface area contributed by atoms with E-state index in [0.29, 0.717) is 6.42 Å². The molecule has 4 nitrogen and oxygen atoms in total. The normalized spacial score (nSPS) is 39.9. The number of aliphatic hydroxyl groups is 3. The molecule has 0 aromatic heterocycles. The van der Waals surface area contributed by atoms with E-state index >= 15 is 0 Å². The Hall–Kier alpha value is -0.160. The largest absolute Gasteiger partial charge is 0.388 e. The molecule has 4 atom stereocenters. The lowest BCUT2D eigenvalue weighted by molar-refractivity contribution is -0.167. The van der Waals surface area contributed by atoms with Crippen LogP contribution in [-0.2, 0) is 4.74 Å². The summed E-state index contributed by atoms with van der Waals surface area (Å²) in [6, 6.07) is 0. The Balaban J connectivity index is 2.55. The highest BCUT2D eigenvalue weighted by atomic mass is 16.5. The van der Waals surface area contributed by atoms with E-state index in [9.17, 15) is 15.3 Å². The molecule has 1 heterocycles. The van der Waals surface area contributed by atoms with Gasteiger partial charge in [-0.1, -0.05) is 20.8 Å². The zero-order valence-electron chi connectivity index (χ0n) is 8.84. The summed E-state index contributed by atoms with van der Waals surface area (Å²) in [7, 11) is 0. The van der Waals surface area contributed by atoms with Gasteiger partial charge in [0.1, 0.15) is 24.9 Å². The van der Waals surface area contributed by atoms with Gasteiger partial charge in [0, 0.05) is 0 Å². The van der Waals surface area contributed by atoms with E-state index in [1.807, 2.05) is 20.8 Å². The van der Waals surface area contributed by atoms with Crippen molar-refractivity contribution >= 4 is 0 Å². The quantitative estimate of drug-likeness (QED) is 0.564. The molecule has 1 aliphatic heterocycles. The van der Waals surface area contributed by atoms with E-state index in [1.165, 1.54) is 6.61 Å². The van der Waals surface area contributed by atoms with Gasteiger partial charge in [0.25, 0.3) is 0 Å². The average molecular weight is 203 g/mol. The summed E-state index contributed by atoms with van der Waals surface area (Å²) in [6.07, 6.45) is -3.06. The van der Waals surface area contributed by atoms with Gasteiger partial charge in [-0.15, -0.1) is 0 Å². The Morgan fingerprint density at radius 1 is 1.14 bits per heavy atom. The minimum Gasteiger partial charge on any atom is -0.388 e. The van der Waals surface area contributed by atoms with E-state index in [4.69, 9.17) is 4.74 Å². The van der Waals surface area contributed by atoms with Crippen LogP contribution in [0, 0.1) is 12.0 Å². The van der Waals surface area contributed by atoms with Crippen LogP contribution in [0.3, 0.4) is 0 Å². The molecule has 14 heavy (non-hydrogen) atoms. The zero-order chi connectivity index (χ0) is 10.9. The van der Waals surface area contributed by atoms with E-state index < -0.39 is 24.4 Å². The van der Waals surface area contributed by atoms with E-state index in [1.54, 1.807) is 0 Å². The number of hydrogen-bond donors (Lipinski definition) is 3. The topological polar surface area (TPSA) is 69.9 Å². The highest BCUT2D eigenvalue weighted by Crippen LogP contribution is 2.29. The van der Waals surface area contributed by atoms with Crippen LogP contribution in [0.25, 0.3) is 0 Å². The molecule has 0 spiro atoms. The van der Waals surface area contributed by atoms with Crippen molar-refractivity contribution < 1.29 is 20.1 Å². The van der Waals surface area contributed by atoms with Crippen molar-refractivity contribution in [2.45, 2.75) is 51.6 Å². The van der Waals surface area contributed by atoms with Crippen molar-refractivity contribution in [3.05, 3.63) is 6.61 Å². The van der Waals surface area contributed by atoms with Gasteiger partial charge in [-0.2, -0.15) is 0 Å². The van der Waals surface area contributed by atoms with Crippen LogP contribution in [0.15, 0.2) is 0 Å². The van der Waals surface area contributed by atoms with E-state index in [2.05, 4.69) is 0 Å². The molecule has 1 radical (unpaired) electrons. The molecule has 0 aliphatic carbocycles. The van der Waals surface area contributed by atoms with Gasteiger partial charge in [-0.05, 0) is 11.8 Å². The lowest BCUT2D eigenvalue weighted by Crippen LogP contribution is -2.51. The Morgan fingerprint density at radius 3 is 2.21 bits per heavy atom. The van der Waals surface area contributed by atoms with Crippen molar-refractivity contribution in [1.82, 2.24) is 0 Å². The molecule has 1 aliphatic rings. The standard InChI is InChI=1S/C10H19O4/c1-10(2,3)4-7-9(13)8(12)6(11)5-14-7/h5-9,11-13H,4H2,1-3H3/t6-,7-,8+,9-/m1/s1. The Morgan fingerprint density at radius 2 is 1.71 bits per heavy atom. The third-order valence-electron chi connectivity index (χ3n) is 2.29. The molecule has 0 aromatic carbocycles. The number of rotatable bonds is 1. The lowest BCUT2D eigenvalue weighted by atomic mass is 9.85. The maximum absolute atomic E-state index is 9.62. The van der Waals surface area contributed by atoms with Crippen LogP contribution < -0.4 is 0 Å². The van der Waals surface area contributed by atoms with Gasteiger partial charge in [-0.3, -0.25) is 0 Å². The summed E-state index contributed by atoms with van der Waals surface area (Å²) in [4.78, 5) is 0. The molecule has 0 unspecified atom stereocenters. The molecule has 1 fully saturated rings. The molecule has 83 valence electrons. The fourth-order valence-corrected chi connectivity index (χ4v) is 1.54. The number of ether oxygens (including phenoxy) is 1. The van der Waals surface area contributed by atoms with Crippen molar-refractivity contribution in [2.75, 3.05) is 0 Å². The van der Waals surface area contributed by atoms with E-state index in [-0.39, 0.29) is 5.41 Å². The van der Waals surface area contributed by atoms with Gasteiger partial charge in [0.15, 0.2) is 0 Å². The molecule has 0 aromatic rings. The molecule has 0 bridgehead atoms. The summed E-state index contributed by atoms with van der Waals surface area (Å²) >= 11 is 0. The lowest BCUT2D eigenvalue weighted by Gasteiger charge is -2.37. The first-order valence-corrected chi connectivity index (χ1v) is 4.84. The van der Waals surface area contributed by atoms with Crippen molar-refractivity contribution in [3.63, 3.8) is 0 Å². The summed E-state index contributed by atoms with van der Waals surface area (Å²) in [5.74, 6) is 0. The SMILES string of the molecule is CC(C)(C)C[C@H]1O[CH][C@@H](O)[C@H](O)[C@@H]1O. The van der Waals surface area contributed by atoms with Gasteiger partial charge in [0.05, 0.1) is 6.10 Å². The Kier molecular flexibility index (Phi) is 3.53. The molecule has 0 amide bonds. The summed E-state index contributed by atoms with van der Waals surface area (Å²) in [5, 5.41) is 28.2. The van der Waals surface area contributed by atoms with Gasteiger partial charge >= 0.3 is 0 Å². The molecule has 0 saturated carbocycles. The van der Waals surface area contributed by atoms with Crippen molar-refractivity contribution in [1.29, 1.82) is 0 Å². The zero-order valence-corrected chi connectivity index (χ0v) is 8.84. The monoisotopic (exact) mass is 203 g/mol. The fraction of sp³-hybridized carbons (Fsp3) is 0.900. The first-order chi connectivity index (χ1) is 6.31. The summed E-state index contributed by atoms with van der Waals surface area (Å²) < 4.78 is 5.16. The maximum atomic E-state index is 9.62. The Labute approximate surface area is 84.5 Å². The predicted molar refractivity (Wildman–Crippen MR) is 51.3 cm³/mol. The van der Waals surface area contributed by atoms with Crippen LogP contribution in [0.5, 0.6) is 0 Å². The number of aliphatic hydroxyl groups excluding tert-OH is 3. The second-order valence-electron chi connectivity index (χ2n) is 5.05. The average Bonchev–Trinajstić information content (AvgIpc) is 2.04.